The Balaban J connectivity index is 1.97. The summed E-state index contributed by atoms with van der Waals surface area (Å²) in [6.45, 7) is 2.27. The summed E-state index contributed by atoms with van der Waals surface area (Å²) < 4.78 is 5.60. The van der Waals surface area contributed by atoms with Crippen molar-refractivity contribution in [2.45, 2.75) is 6.92 Å². The second-order valence-electron chi connectivity index (χ2n) is 5.39. The van der Waals surface area contributed by atoms with Crippen LogP contribution in [0.1, 0.15) is 17.3 Å². The minimum atomic E-state index is -0.503. The molecule has 25 heavy (non-hydrogen) atoms. The van der Waals surface area contributed by atoms with Gasteiger partial charge in [-0.3, -0.25) is 14.9 Å². The lowest BCUT2D eigenvalue weighted by Gasteiger charge is -2.12. The summed E-state index contributed by atoms with van der Waals surface area (Å²) in [5, 5.41) is 15.4. The van der Waals surface area contributed by atoms with Crippen LogP contribution in [-0.4, -0.2) is 17.4 Å². The highest BCUT2D eigenvalue weighted by Crippen LogP contribution is 2.27. The Morgan fingerprint density at radius 3 is 2.48 bits per heavy atom. The van der Waals surface area contributed by atoms with Crippen molar-refractivity contribution in [1.82, 2.24) is 0 Å². The molecule has 3 aromatic carbocycles. The highest BCUT2D eigenvalue weighted by atomic mass is 16.6. The number of anilines is 1. The van der Waals surface area contributed by atoms with Gasteiger partial charge in [-0.2, -0.15) is 0 Å². The molecule has 0 atom stereocenters. The summed E-state index contributed by atoms with van der Waals surface area (Å²) in [5.74, 6) is 0.0961. The van der Waals surface area contributed by atoms with Crippen molar-refractivity contribution >= 4 is 28.1 Å². The third-order valence-electron chi connectivity index (χ3n) is 3.71. The molecule has 0 aliphatic heterocycles. The van der Waals surface area contributed by atoms with Crippen molar-refractivity contribution in [1.29, 1.82) is 0 Å². The van der Waals surface area contributed by atoms with E-state index in [-0.39, 0.29) is 11.6 Å². The monoisotopic (exact) mass is 336 g/mol. The second-order valence-corrected chi connectivity index (χ2v) is 5.39. The van der Waals surface area contributed by atoms with Gasteiger partial charge in [-0.05, 0) is 35.9 Å². The van der Waals surface area contributed by atoms with E-state index in [1.807, 2.05) is 37.3 Å². The number of non-ortho nitro benzene ring substituents is 1. The van der Waals surface area contributed by atoms with E-state index >= 15 is 0 Å². The summed E-state index contributed by atoms with van der Waals surface area (Å²) in [6, 6.07) is 17.1. The first-order valence-corrected chi connectivity index (χ1v) is 7.80. The highest BCUT2D eigenvalue weighted by molar-refractivity contribution is 6.08. The number of amides is 1. The van der Waals surface area contributed by atoms with Gasteiger partial charge in [-0.15, -0.1) is 0 Å². The zero-order valence-corrected chi connectivity index (χ0v) is 13.6. The van der Waals surface area contributed by atoms with E-state index in [4.69, 9.17) is 4.74 Å². The van der Waals surface area contributed by atoms with Gasteiger partial charge in [0, 0.05) is 17.8 Å². The lowest BCUT2D eigenvalue weighted by Crippen LogP contribution is -2.14. The van der Waals surface area contributed by atoms with Crippen LogP contribution in [0.2, 0.25) is 0 Å². The van der Waals surface area contributed by atoms with Crippen LogP contribution < -0.4 is 10.1 Å². The van der Waals surface area contributed by atoms with Crippen molar-refractivity contribution in [3.8, 4) is 5.75 Å². The molecular weight excluding hydrogens is 320 g/mol. The molecule has 0 saturated heterocycles. The second kappa shape index (κ2) is 7.00. The fourth-order valence-corrected chi connectivity index (χ4v) is 2.57. The smallest absolute Gasteiger partial charge is 0.271 e. The summed E-state index contributed by atoms with van der Waals surface area (Å²) in [4.78, 5) is 23.0. The predicted molar refractivity (Wildman–Crippen MR) is 96.2 cm³/mol. The molecule has 1 amide bonds. The molecule has 6 heteroatoms. The number of nitro benzene ring substituents is 1. The molecule has 126 valence electrons. The third kappa shape index (κ3) is 3.58. The normalized spacial score (nSPS) is 10.4. The van der Waals surface area contributed by atoms with Gasteiger partial charge in [0.05, 0.1) is 17.1 Å². The zero-order chi connectivity index (χ0) is 17.8. The summed E-state index contributed by atoms with van der Waals surface area (Å²) >= 11 is 0. The Morgan fingerprint density at radius 1 is 1.08 bits per heavy atom. The number of hydrogen-bond acceptors (Lipinski definition) is 4. The van der Waals surface area contributed by atoms with Crippen LogP contribution >= 0.6 is 0 Å². The Hall–Kier alpha value is -3.41. The maximum absolute atomic E-state index is 12.7. The molecule has 0 aromatic heterocycles. The molecular formula is C19H16N2O4. The maximum atomic E-state index is 12.7. The number of hydrogen-bond donors (Lipinski definition) is 1. The van der Waals surface area contributed by atoms with E-state index in [1.54, 1.807) is 12.1 Å². The van der Waals surface area contributed by atoms with Gasteiger partial charge in [-0.25, -0.2) is 0 Å². The van der Waals surface area contributed by atoms with Crippen molar-refractivity contribution in [2.24, 2.45) is 0 Å². The lowest BCUT2D eigenvalue weighted by molar-refractivity contribution is -0.384. The number of carbonyl (C=O) groups is 1. The zero-order valence-electron chi connectivity index (χ0n) is 13.6. The van der Waals surface area contributed by atoms with Gasteiger partial charge in [0.15, 0.2) is 0 Å². The van der Waals surface area contributed by atoms with Gasteiger partial charge < -0.3 is 10.1 Å². The van der Waals surface area contributed by atoms with Crippen molar-refractivity contribution in [3.05, 3.63) is 76.3 Å². The summed E-state index contributed by atoms with van der Waals surface area (Å²) in [5.41, 5.74) is 0.656. The number of fused-ring (bicyclic) bond motifs is 1. The molecule has 0 unspecified atom stereocenters. The average Bonchev–Trinajstić information content (AvgIpc) is 2.61. The molecule has 1 N–H and O–H groups in total. The predicted octanol–water partition coefficient (Wildman–Crippen LogP) is 4.40. The molecule has 0 aliphatic carbocycles. The van der Waals surface area contributed by atoms with E-state index < -0.39 is 4.92 Å². The summed E-state index contributed by atoms with van der Waals surface area (Å²) in [7, 11) is 0. The van der Waals surface area contributed by atoms with Crippen LogP contribution in [0.3, 0.4) is 0 Å². The molecule has 0 heterocycles. The first-order chi connectivity index (χ1) is 12.1. The van der Waals surface area contributed by atoms with Crippen molar-refractivity contribution < 1.29 is 14.5 Å². The molecule has 3 aromatic rings. The Kier molecular flexibility index (Phi) is 4.61. The van der Waals surface area contributed by atoms with Crippen LogP contribution in [-0.2, 0) is 0 Å². The SMILES string of the molecule is CCOc1cc2ccccc2cc1C(=O)Nc1cccc([N+](=O)[O-])c1. The largest absolute Gasteiger partial charge is 0.493 e. The quantitative estimate of drug-likeness (QED) is 0.553. The first-order valence-electron chi connectivity index (χ1n) is 7.80. The van der Waals surface area contributed by atoms with E-state index in [1.165, 1.54) is 18.2 Å². The lowest BCUT2D eigenvalue weighted by atomic mass is 10.1. The average molecular weight is 336 g/mol. The summed E-state index contributed by atoms with van der Waals surface area (Å²) in [6.07, 6.45) is 0. The fourth-order valence-electron chi connectivity index (χ4n) is 2.57. The minimum Gasteiger partial charge on any atom is -0.493 e. The number of ether oxygens (including phenoxy) is 1. The van der Waals surface area contributed by atoms with Gasteiger partial charge in [-0.1, -0.05) is 30.3 Å². The Bertz CT molecular complexity index is 953. The molecule has 3 rings (SSSR count). The topological polar surface area (TPSA) is 81.5 Å². The van der Waals surface area contributed by atoms with Gasteiger partial charge >= 0.3 is 0 Å². The van der Waals surface area contributed by atoms with E-state index in [9.17, 15) is 14.9 Å². The first kappa shape index (κ1) is 16.4. The van der Waals surface area contributed by atoms with Crippen LogP contribution in [0.25, 0.3) is 10.8 Å². The molecule has 0 spiro atoms. The van der Waals surface area contributed by atoms with Gasteiger partial charge in [0.1, 0.15) is 5.75 Å². The molecule has 6 nitrogen and oxygen atoms in total. The number of nitrogens with zero attached hydrogens (tertiary/aromatic N) is 1. The number of rotatable bonds is 5. The minimum absolute atomic E-state index is 0.0821. The van der Waals surface area contributed by atoms with Crippen LogP contribution in [0.4, 0.5) is 11.4 Å². The molecule has 0 radical (unpaired) electrons. The van der Waals surface area contributed by atoms with Gasteiger partial charge in [0.25, 0.3) is 11.6 Å². The third-order valence-corrected chi connectivity index (χ3v) is 3.71. The Morgan fingerprint density at radius 2 is 1.80 bits per heavy atom. The standard InChI is InChI=1S/C19H16N2O4/c1-2-25-18-11-14-7-4-3-6-13(14)10-17(18)19(22)20-15-8-5-9-16(12-15)21(23)24/h3-12H,2H2,1H3,(H,20,22). The van der Waals surface area contributed by atoms with E-state index in [2.05, 4.69) is 5.32 Å². The molecule has 0 fully saturated rings. The van der Waals surface area contributed by atoms with Crippen molar-refractivity contribution in [3.63, 3.8) is 0 Å². The number of carbonyl (C=O) groups excluding carboxylic acids is 1. The highest BCUT2D eigenvalue weighted by Gasteiger charge is 2.15. The number of benzene rings is 3. The van der Waals surface area contributed by atoms with E-state index in [0.717, 1.165) is 10.8 Å². The maximum Gasteiger partial charge on any atom is 0.271 e. The van der Waals surface area contributed by atoms with Crippen molar-refractivity contribution in [2.75, 3.05) is 11.9 Å². The Labute approximate surface area is 144 Å². The fraction of sp³-hybridized carbons (Fsp3) is 0.105. The number of nitrogens with one attached hydrogen (secondary N) is 1. The molecule has 0 aliphatic rings. The van der Waals surface area contributed by atoms with Crippen LogP contribution in [0, 0.1) is 10.1 Å². The van der Waals surface area contributed by atoms with Crippen LogP contribution in [0.15, 0.2) is 60.7 Å². The van der Waals surface area contributed by atoms with E-state index in [0.29, 0.717) is 23.6 Å². The molecule has 0 bridgehead atoms. The van der Waals surface area contributed by atoms with Gasteiger partial charge in [0.2, 0.25) is 0 Å². The number of nitro groups is 1. The molecule has 0 saturated carbocycles. The van der Waals surface area contributed by atoms with Crippen LogP contribution in [0.5, 0.6) is 5.75 Å².